The van der Waals surface area contributed by atoms with Crippen molar-refractivity contribution in [3.8, 4) is 0 Å². The molecule has 0 saturated carbocycles. The van der Waals surface area contributed by atoms with Crippen molar-refractivity contribution >= 4 is 11.6 Å². The van der Waals surface area contributed by atoms with Crippen LogP contribution in [-0.2, 0) is 6.54 Å². The monoisotopic (exact) mass is 309 g/mol. The molecule has 0 bridgehead atoms. The van der Waals surface area contributed by atoms with Crippen molar-refractivity contribution in [1.29, 1.82) is 0 Å². The van der Waals surface area contributed by atoms with E-state index in [9.17, 15) is 0 Å². The highest BCUT2D eigenvalue weighted by atomic mass is 35.5. The van der Waals surface area contributed by atoms with E-state index in [-0.39, 0.29) is 0 Å². The second kappa shape index (κ2) is 13.2. The lowest BCUT2D eigenvalue weighted by atomic mass is 10.1. The quantitative estimate of drug-likeness (QED) is 0.419. The summed E-state index contributed by atoms with van der Waals surface area (Å²) in [5.41, 5.74) is 1.27. The van der Waals surface area contributed by atoms with E-state index in [2.05, 4.69) is 18.3 Å². The molecule has 0 heterocycles. The van der Waals surface area contributed by atoms with Crippen molar-refractivity contribution in [2.75, 3.05) is 6.54 Å². The minimum absolute atomic E-state index is 0.827. The predicted molar refractivity (Wildman–Crippen MR) is 95.0 cm³/mol. The fraction of sp³-hybridized carbons (Fsp3) is 0.684. The summed E-state index contributed by atoms with van der Waals surface area (Å²) < 4.78 is 0. The van der Waals surface area contributed by atoms with E-state index in [1.54, 1.807) is 0 Å². The summed E-state index contributed by atoms with van der Waals surface area (Å²) in [4.78, 5) is 0. The fourth-order valence-corrected chi connectivity index (χ4v) is 2.83. The van der Waals surface area contributed by atoms with Gasteiger partial charge in [0.1, 0.15) is 0 Å². The number of hydrogen-bond donors (Lipinski definition) is 1. The first kappa shape index (κ1) is 18.5. The zero-order chi connectivity index (χ0) is 15.2. The van der Waals surface area contributed by atoms with Crippen LogP contribution in [0.3, 0.4) is 0 Å². The van der Waals surface area contributed by atoms with Gasteiger partial charge >= 0.3 is 0 Å². The summed E-state index contributed by atoms with van der Waals surface area (Å²) in [6, 6.07) is 8.09. The van der Waals surface area contributed by atoms with Gasteiger partial charge in [0, 0.05) is 11.6 Å². The first-order valence-corrected chi connectivity index (χ1v) is 9.16. The molecule has 0 saturated heterocycles. The van der Waals surface area contributed by atoms with Crippen LogP contribution in [0.1, 0.15) is 76.7 Å². The Hall–Kier alpha value is -0.530. The van der Waals surface area contributed by atoms with Crippen LogP contribution in [0.15, 0.2) is 24.3 Å². The average Bonchev–Trinajstić information content (AvgIpc) is 2.48. The van der Waals surface area contributed by atoms with Crippen molar-refractivity contribution in [3.05, 3.63) is 34.9 Å². The number of rotatable bonds is 13. The molecule has 0 aliphatic heterocycles. The molecule has 1 nitrogen and oxygen atoms in total. The maximum absolute atomic E-state index is 5.97. The second-order valence-electron chi connectivity index (χ2n) is 5.99. The highest BCUT2D eigenvalue weighted by Gasteiger charge is 1.95. The molecule has 0 atom stereocenters. The Kier molecular flexibility index (Phi) is 11.6. The van der Waals surface area contributed by atoms with Gasteiger partial charge < -0.3 is 5.32 Å². The molecule has 0 aliphatic carbocycles. The van der Waals surface area contributed by atoms with E-state index in [1.165, 1.54) is 69.8 Å². The third-order valence-electron chi connectivity index (χ3n) is 3.93. The van der Waals surface area contributed by atoms with Gasteiger partial charge in [0.25, 0.3) is 0 Å². The lowest BCUT2D eigenvalue weighted by Crippen LogP contribution is -2.14. The standard InChI is InChI=1S/C19H32ClN/c1-2-3-4-5-6-7-8-9-10-11-15-21-17-18-13-12-14-19(20)16-18/h12-14,16,21H,2-11,15,17H2,1H3. The van der Waals surface area contributed by atoms with Gasteiger partial charge in [-0.2, -0.15) is 0 Å². The van der Waals surface area contributed by atoms with Gasteiger partial charge in [-0.3, -0.25) is 0 Å². The van der Waals surface area contributed by atoms with E-state index >= 15 is 0 Å². The molecule has 2 heteroatoms. The van der Waals surface area contributed by atoms with Crippen molar-refractivity contribution in [2.45, 2.75) is 77.7 Å². The zero-order valence-corrected chi connectivity index (χ0v) is 14.4. The SMILES string of the molecule is CCCCCCCCCCCCNCc1cccc(Cl)c1. The number of nitrogens with one attached hydrogen (secondary N) is 1. The first-order valence-electron chi connectivity index (χ1n) is 8.78. The Balaban J connectivity index is 1.82. The topological polar surface area (TPSA) is 12.0 Å². The van der Waals surface area contributed by atoms with E-state index in [4.69, 9.17) is 11.6 Å². The third-order valence-corrected chi connectivity index (χ3v) is 4.16. The predicted octanol–water partition coefficient (Wildman–Crippen LogP) is 6.35. The largest absolute Gasteiger partial charge is 0.313 e. The molecular weight excluding hydrogens is 278 g/mol. The Morgan fingerprint density at radius 1 is 0.857 bits per heavy atom. The Morgan fingerprint density at radius 3 is 2.10 bits per heavy atom. The number of benzene rings is 1. The van der Waals surface area contributed by atoms with Crippen LogP contribution >= 0.6 is 11.6 Å². The summed E-state index contributed by atoms with van der Waals surface area (Å²) in [5.74, 6) is 0. The van der Waals surface area contributed by atoms with E-state index in [0.29, 0.717) is 0 Å². The van der Waals surface area contributed by atoms with Gasteiger partial charge in [0.15, 0.2) is 0 Å². The molecule has 1 N–H and O–H groups in total. The normalized spacial score (nSPS) is 11.0. The van der Waals surface area contributed by atoms with Gasteiger partial charge in [0.05, 0.1) is 0 Å². The van der Waals surface area contributed by atoms with Gasteiger partial charge in [-0.1, -0.05) is 88.4 Å². The summed E-state index contributed by atoms with van der Waals surface area (Å²) >= 11 is 5.97. The minimum Gasteiger partial charge on any atom is -0.313 e. The van der Waals surface area contributed by atoms with Crippen molar-refractivity contribution in [1.82, 2.24) is 5.32 Å². The summed E-state index contributed by atoms with van der Waals surface area (Å²) in [5, 5.41) is 4.32. The average molecular weight is 310 g/mol. The van der Waals surface area contributed by atoms with Crippen LogP contribution in [0.25, 0.3) is 0 Å². The summed E-state index contributed by atoms with van der Waals surface area (Å²) in [6.07, 6.45) is 14.0. The van der Waals surface area contributed by atoms with Gasteiger partial charge in [-0.05, 0) is 30.7 Å². The summed E-state index contributed by atoms with van der Waals surface area (Å²) in [6.45, 7) is 4.32. The maximum Gasteiger partial charge on any atom is 0.0409 e. The molecular formula is C19H32ClN. The molecule has 0 radical (unpaired) electrons. The fourth-order valence-electron chi connectivity index (χ4n) is 2.62. The van der Waals surface area contributed by atoms with Crippen LogP contribution in [0, 0.1) is 0 Å². The molecule has 0 unspecified atom stereocenters. The van der Waals surface area contributed by atoms with E-state index < -0.39 is 0 Å². The van der Waals surface area contributed by atoms with Gasteiger partial charge in [-0.15, -0.1) is 0 Å². The first-order chi connectivity index (χ1) is 10.3. The highest BCUT2D eigenvalue weighted by Crippen LogP contribution is 2.11. The number of hydrogen-bond acceptors (Lipinski definition) is 1. The van der Waals surface area contributed by atoms with E-state index in [1.807, 2.05) is 18.2 Å². The smallest absolute Gasteiger partial charge is 0.0409 e. The van der Waals surface area contributed by atoms with Crippen LogP contribution in [0.2, 0.25) is 5.02 Å². The lowest BCUT2D eigenvalue weighted by molar-refractivity contribution is 0.543. The van der Waals surface area contributed by atoms with E-state index in [0.717, 1.165) is 18.1 Å². The molecule has 0 amide bonds. The number of unbranched alkanes of at least 4 members (excludes halogenated alkanes) is 9. The highest BCUT2D eigenvalue weighted by molar-refractivity contribution is 6.30. The maximum atomic E-state index is 5.97. The zero-order valence-electron chi connectivity index (χ0n) is 13.7. The molecule has 120 valence electrons. The van der Waals surface area contributed by atoms with Crippen LogP contribution in [0.5, 0.6) is 0 Å². The number of halogens is 1. The van der Waals surface area contributed by atoms with Crippen molar-refractivity contribution < 1.29 is 0 Å². The van der Waals surface area contributed by atoms with Gasteiger partial charge in [-0.25, -0.2) is 0 Å². The van der Waals surface area contributed by atoms with Crippen LogP contribution in [-0.4, -0.2) is 6.54 Å². The molecule has 21 heavy (non-hydrogen) atoms. The third kappa shape index (κ3) is 10.8. The Bertz CT molecular complexity index is 351. The Labute approximate surface area is 136 Å². The minimum atomic E-state index is 0.827. The Morgan fingerprint density at radius 2 is 1.48 bits per heavy atom. The molecule has 0 aliphatic rings. The van der Waals surface area contributed by atoms with Crippen molar-refractivity contribution in [2.24, 2.45) is 0 Å². The lowest BCUT2D eigenvalue weighted by Gasteiger charge is -2.05. The molecule has 1 aromatic rings. The van der Waals surface area contributed by atoms with Crippen LogP contribution in [0.4, 0.5) is 0 Å². The molecule has 1 rings (SSSR count). The molecule has 0 aromatic heterocycles. The van der Waals surface area contributed by atoms with Crippen LogP contribution < -0.4 is 5.32 Å². The summed E-state index contributed by atoms with van der Waals surface area (Å²) in [7, 11) is 0. The molecule has 1 aromatic carbocycles. The van der Waals surface area contributed by atoms with Gasteiger partial charge in [0.2, 0.25) is 0 Å². The second-order valence-corrected chi connectivity index (χ2v) is 6.43. The molecule has 0 fully saturated rings. The van der Waals surface area contributed by atoms with Crippen molar-refractivity contribution in [3.63, 3.8) is 0 Å². The molecule has 0 spiro atoms.